The quantitative estimate of drug-likeness (QED) is 0.124. The largest absolute Gasteiger partial charge is 0.464 e. The molecule has 0 bridgehead atoms. The number of nitrogens with zero attached hydrogens (tertiary/aromatic N) is 1. The molecule has 6 rings (SSSR count). The topological polar surface area (TPSA) is 77.8 Å². The van der Waals surface area contributed by atoms with Crippen molar-refractivity contribution in [3.8, 4) is 10.6 Å². The number of thiophene rings is 1. The number of aryl methyl sites for hydroxylation is 1. The van der Waals surface area contributed by atoms with Crippen LogP contribution in [0, 0.1) is 6.92 Å². The van der Waals surface area contributed by atoms with E-state index in [-0.39, 0.29) is 17.6 Å². The van der Waals surface area contributed by atoms with Crippen LogP contribution < -0.4 is 10.4 Å². The number of carboxylic acid groups (broad SMARTS) is 1. The van der Waals surface area contributed by atoms with E-state index in [9.17, 15) is 14.7 Å². The lowest BCUT2D eigenvalue weighted by atomic mass is 10.00. The van der Waals surface area contributed by atoms with Gasteiger partial charge >= 0.3 is 12.1 Å². The second kappa shape index (κ2) is 12.9. The fourth-order valence-corrected chi connectivity index (χ4v) is 12.7. The Hall–Kier alpha value is -4.50. The Morgan fingerprint density at radius 2 is 1.49 bits per heavy atom. The molecule has 240 valence electrons. The number of rotatable bonds is 9. The average molecular weight is 662 g/mol. The Morgan fingerprint density at radius 1 is 0.872 bits per heavy atom. The Bertz CT molecular complexity index is 2040. The molecule has 0 saturated heterocycles. The van der Waals surface area contributed by atoms with Gasteiger partial charge in [0.25, 0.3) is 8.32 Å². The Kier molecular flexibility index (Phi) is 8.94. The first-order valence-electron chi connectivity index (χ1n) is 15.9. The van der Waals surface area contributed by atoms with Crippen LogP contribution in [0.3, 0.4) is 0 Å². The SMILES string of the molecule is CCOC(=O)c1cc(CCO[Si](c2ccccc2)(c2ccccc2)C(C)(C)C)c2c(C)c(-c3cc4ccccc4n3C(=O)O)sc2c1. The van der Waals surface area contributed by atoms with Gasteiger partial charge in [-0.05, 0) is 76.5 Å². The zero-order chi connectivity index (χ0) is 33.3. The number of hydrogen-bond acceptors (Lipinski definition) is 5. The van der Waals surface area contributed by atoms with Crippen molar-refractivity contribution in [2.24, 2.45) is 0 Å². The first kappa shape index (κ1) is 32.4. The minimum Gasteiger partial charge on any atom is -0.464 e. The highest BCUT2D eigenvalue weighted by molar-refractivity contribution is 7.22. The highest BCUT2D eigenvalue weighted by Gasteiger charge is 2.50. The molecule has 2 aromatic heterocycles. The highest BCUT2D eigenvalue weighted by atomic mass is 32.1. The van der Waals surface area contributed by atoms with Crippen LogP contribution in [0.2, 0.25) is 5.04 Å². The monoisotopic (exact) mass is 661 g/mol. The first-order chi connectivity index (χ1) is 22.6. The molecule has 6 nitrogen and oxygen atoms in total. The zero-order valence-corrected chi connectivity index (χ0v) is 29.2. The second-order valence-corrected chi connectivity index (χ2v) is 18.1. The summed E-state index contributed by atoms with van der Waals surface area (Å²) in [6.07, 6.45) is -0.475. The number of aromatic nitrogens is 1. The molecule has 0 aliphatic heterocycles. The molecule has 4 aromatic carbocycles. The lowest BCUT2D eigenvalue weighted by molar-refractivity contribution is 0.0526. The summed E-state index contributed by atoms with van der Waals surface area (Å²) in [5.74, 6) is -0.379. The predicted molar refractivity (Wildman–Crippen MR) is 194 cm³/mol. The lowest BCUT2D eigenvalue weighted by Gasteiger charge is -2.43. The summed E-state index contributed by atoms with van der Waals surface area (Å²) < 4.78 is 14.9. The lowest BCUT2D eigenvalue weighted by Crippen LogP contribution is -2.66. The minimum atomic E-state index is -2.78. The molecule has 0 atom stereocenters. The van der Waals surface area contributed by atoms with Crippen molar-refractivity contribution in [1.82, 2.24) is 4.57 Å². The van der Waals surface area contributed by atoms with Crippen molar-refractivity contribution >= 4 is 63.1 Å². The summed E-state index contributed by atoms with van der Waals surface area (Å²) in [5, 5.41) is 14.4. The van der Waals surface area contributed by atoms with E-state index in [1.807, 2.05) is 61.5 Å². The smallest absolute Gasteiger partial charge is 0.416 e. The Balaban J connectivity index is 1.47. The summed E-state index contributed by atoms with van der Waals surface area (Å²) >= 11 is 1.50. The molecule has 0 spiro atoms. The molecule has 0 saturated carbocycles. The van der Waals surface area contributed by atoms with E-state index in [0.717, 1.165) is 31.5 Å². The molecular formula is C39H39NO5SSi. The van der Waals surface area contributed by atoms with Crippen LogP contribution in [0.1, 0.15) is 49.2 Å². The number of carbonyl (C=O) groups excluding carboxylic acids is 1. The van der Waals surface area contributed by atoms with Crippen molar-refractivity contribution in [3.63, 3.8) is 0 Å². The van der Waals surface area contributed by atoms with Gasteiger partial charge < -0.3 is 14.3 Å². The van der Waals surface area contributed by atoms with Crippen LogP contribution in [0.25, 0.3) is 31.6 Å². The van der Waals surface area contributed by atoms with E-state index in [0.29, 0.717) is 29.8 Å². The van der Waals surface area contributed by atoms with Crippen molar-refractivity contribution in [2.45, 2.75) is 46.1 Å². The molecular weight excluding hydrogens is 623 g/mol. The number of benzene rings is 4. The number of fused-ring (bicyclic) bond motifs is 2. The molecule has 2 heterocycles. The molecule has 0 aliphatic carbocycles. The number of hydrogen-bond donors (Lipinski definition) is 1. The van der Waals surface area contributed by atoms with Gasteiger partial charge in [-0.1, -0.05) is 99.6 Å². The van der Waals surface area contributed by atoms with Gasteiger partial charge in [0.2, 0.25) is 0 Å². The predicted octanol–water partition coefficient (Wildman–Crippen LogP) is 8.65. The van der Waals surface area contributed by atoms with Crippen molar-refractivity contribution in [3.05, 3.63) is 120 Å². The first-order valence-corrected chi connectivity index (χ1v) is 18.6. The van der Waals surface area contributed by atoms with Crippen molar-refractivity contribution in [2.75, 3.05) is 13.2 Å². The zero-order valence-electron chi connectivity index (χ0n) is 27.4. The molecule has 0 radical (unpaired) electrons. The van der Waals surface area contributed by atoms with Crippen LogP contribution in [0.4, 0.5) is 4.79 Å². The van der Waals surface area contributed by atoms with Gasteiger partial charge in [-0.25, -0.2) is 14.2 Å². The fraction of sp³-hybridized carbons (Fsp3) is 0.231. The Labute approximate surface area is 280 Å². The van der Waals surface area contributed by atoms with Crippen LogP contribution >= 0.6 is 11.3 Å². The van der Waals surface area contributed by atoms with Crippen LogP contribution in [0.15, 0.2) is 103 Å². The van der Waals surface area contributed by atoms with E-state index >= 15 is 0 Å². The van der Waals surface area contributed by atoms with Gasteiger partial charge in [-0.2, -0.15) is 0 Å². The van der Waals surface area contributed by atoms with E-state index in [4.69, 9.17) is 9.16 Å². The van der Waals surface area contributed by atoms with E-state index in [1.165, 1.54) is 26.3 Å². The van der Waals surface area contributed by atoms with Gasteiger partial charge in [0, 0.05) is 16.7 Å². The fourth-order valence-electron chi connectivity index (χ4n) is 6.86. The molecule has 0 unspecified atom stereocenters. The van der Waals surface area contributed by atoms with E-state index in [2.05, 4.69) is 69.3 Å². The summed E-state index contributed by atoms with van der Waals surface area (Å²) in [6, 6.07) is 34.3. The van der Waals surface area contributed by atoms with Crippen LogP contribution in [-0.4, -0.2) is 43.3 Å². The molecule has 1 N–H and O–H groups in total. The second-order valence-electron chi connectivity index (χ2n) is 12.8. The van der Waals surface area contributed by atoms with E-state index in [1.54, 1.807) is 6.92 Å². The van der Waals surface area contributed by atoms with Crippen LogP contribution in [-0.2, 0) is 15.6 Å². The number of para-hydroxylation sites is 1. The van der Waals surface area contributed by atoms with E-state index < -0.39 is 14.4 Å². The molecule has 8 heteroatoms. The summed E-state index contributed by atoms with van der Waals surface area (Å²) in [6.45, 7) is 11.3. The summed E-state index contributed by atoms with van der Waals surface area (Å²) in [4.78, 5) is 26.5. The third kappa shape index (κ3) is 5.82. The third-order valence-corrected chi connectivity index (χ3v) is 15.2. The minimum absolute atomic E-state index is 0.173. The summed E-state index contributed by atoms with van der Waals surface area (Å²) in [7, 11) is -2.78. The molecule has 0 amide bonds. The average Bonchev–Trinajstić information content (AvgIpc) is 3.61. The number of esters is 1. The Morgan fingerprint density at radius 3 is 2.09 bits per heavy atom. The number of ether oxygens (including phenoxy) is 1. The van der Waals surface area contributed by atoms with Crippen molar-refractivity contribution < 1.29 is 23.9 Å². The van der Waals surface area contributed by atoms with Gasteiger partial charge in [0.05, 0.1) is 28.3 Å². The maximum atomic E-state index is 13.1. The van der Waals surface area contributed by atoms with Gasteiger partial charge in [-0.15, -0.1) is 11.3 Å². The molecule has 0 aliphatic rings. The third-order valence-electron chi connectivity index (χ3n) is 8.86. The molecule has 47 heavy (non-hydrogen) atoms. The van der Waals surface area contributed by atoms with Crippen LogP contribution in [0.5, 0.6) is 0 Å². The molecule has 0 fully saturated rings. The van der Waals surface area contributed by atoms with Gasteiger partial charge in [0.15, 0.2) is 0 Å². The van der Waals surface area contributed by atoms with Gasteiger partial charge in [0.1, 0.15) is 0 Å². The maximum Gasteiger partial charge on any atom is 0.416 e. The highest BCUT2D eigenvalue weighted by Crippen LogP contribution is 2.43. The standard InChI is InChI=1S/C39H39NO5SSi/c1-6-44-37(41)29-23-28(21-22-45-47(39(3,4)5,30-16-9-7-10-17-30)31-18-11-8-12-19-31)35-26(2)36(46-34(35)25-29)33-24-27-15-13-14-20-32(27)40(33)38(42)43/h7-20,23-25H,6,21-22H2,1-5H3,(H,42,43). The molecule has 6 aromatic rings. The normalized spacial score (nSPS) is 12.1. The van der Waals surface area contributed by atoms with Crippen molar-refractivity contribution in [1.29, 1.82) is 0 Å². The maximum absolute atomic E-state index is 13.1. The summed E-state index contributed by atoms with van der Waals surface area (Å²) in [5.41, 5.74) is 3.68. The van der Waals surface area contributed by atoms with Gasteiger partial charge in [-0.3, -0.25) is 0 Å². The number of carbonyl (C=O) groups is 2.